The number of ether oxygens (including phenoxy) is 3. The SMILES string of the molecule is CC(=O)O[C@@H]1[C@H](OC(C)=O)[C@@H](COP(=O)(O)O)O[C@H]1O. The lowest BCUT2D eigenvalue weighted by molar-refractivity contribution is -0.174. The quantitative estimate of drug-likeness (QED) is 0.412. The third kappa shape index (κ3) is 5.16. The highest BCUT2D eigenvalue weighted by atomic mass is 31.2. The van der Waals surface area contributed by atoms with Crippen LogP contribution in [0, 0.1) is 0 Å². The van der Waals surface area contributed by atoms with E-state index >= 15 is 0 Å². The Morgan fingerprint density at radius 1 is 1.15 bits per heavy atom. The van der Waals surface area contributed by atoms with Gasteiger partial charge in [0.15, 0.2) is 18.5 Å². The number of carbonyl (C=O) groups is 2. The van der Waals surface area contributed by atoms with Crippen molar-refractivity contribution >= 4 is 19.8 Å². The van der Waals surface area contributed by atoms with Crippen molar-refractivity contribution < 1.29 is 47.8 Å². The summed E-state index contributed by atoms with van der Waals surface area (Å²) in [7, 11) is -4.76. The lowest BCUT2D eigenvalue weighted by Crippen LogP contribution is -2.40. The summed E-state index contributed by atoms with van der Waals surface area (Å²) in [6, 6.07) is 0. The molecule has 1 rings (SSSR count). The maximum absolute atomic E-state index is 11.0. The highest BCUT2D eigenvalue weighted by molar-refractivity contribution is 7.46. The Balaban J connectivity index is 2.79. The highest BCUT2D eigenvalue weighted by Crippen LogP contribution is 2.37. The second-order valence-corrected chi connectivity index (χ2v) is 5.24. The van der Waals surface area contributed by atoms with Gasteiger partial charge in [-0.3, -0.25) is 14.1 Å². The monoisotopic (exact) mass is 314 g/mol. The zero-order valence-corrected chi connectivity index (χ0v) is 11.6. The first kappa shape index (κ1) is 17.0. The third-order valence-corrected chi connectivity index (χ3v) is 2.78. The number of phosphoric acid groups is 1. The molecule has 0 spiro atoms. The van der Waals surface area contributed by atoms with Gasteiger partial charge >= 0.3 is 19.8 Å². The topological polar surface area (TPSA) is 149 Å². The molecule has 4 atom stereocenters. The molecule has 11 heteroatoms. The van der Waals surface area contributed by atoms with Crippen LogP contribution in [0.15, 0.2) is 0 Å². The summed E-state index contributed by atoms with van der Waals surface area (Å²) in [6.07, 6.45) is -5.33. The van der Waals surface area contributed by atoms with E-state index in [0.29, 0.717) is 0 Å². The maximum Gasteiger partial charge on any atom is 0.469 e. The third-order valence-electron chi connectivity index (χ3n) is 2.30. The van der Waals surface area contributed by atoms with Gasteiger partial charge in [0.1, 0.15) is 6.10 Å². The molecule has 0 saturated carbocycles. The van der Waals surface area contributed by atoms with Gasteiger partial charge in [-0.05, 0) is 0 Å². The molecular weight excluding hydrogens is 299 g/mol. The molecule has 0 aromatic rings. The van der Waals surface area contributed by atoms with Gasteiger partial charge in [-0.1, -0.05) is 0 Å². The molecule has 3 N–H and O–H groups in total. The predicted molar refractivity (Wildman–Crippen MR) is 60.0 cm³/mol. The Kier molecular flexibility index (Phi) is 5.63. The van der Waals surface area contributed by atoms with Gasteiger partial charge in [0, 0.05) is 13.8 Å². The Morgan fingerprint density at radius 3 is 2.10 bits per heavy atom. The molecule has 1 aliphatic heterocycles. The Bertz CT molecular complexity index is 417. The highest BCUT2D eigenvalue weighted by Gasteiger charge is 2.49. The molecule has 0 aromatic carbocycles. The molecule has 1 heterocycles. The van der Waals surface area contributed by atoms with Crippen LogP contribution in [0.3, 0.4) is 0 Å². The second kappa shape index (κ2) is 6.61. The molecule has 20 heavy (non-hydrogen) atoms. The molecule has 0 bridgehead atoms. The maximum atomic E-state index is 11.0. The minimum atomic E-state index is -4.76. The van der Waals surface area contributed by atoms with Crippen molar-refractivity contribution in [3.63, 3.8) is 0 Å². The van der Waals surface area contributed by atoms with Crippen molar-refractivity contribution in [3.05, 3.63) is 0 Å². The molecule has 116 valence electrons. The van der Waals surface area contributed by atoms with Crippen LogP contribution in [0.1, 0.15) is 13.8 Å². The standard InChI is InChI=1S/C9H15O10P/c1-4(10)17-7-6(3-16-20(13,14)15)19-9(12)8(7)18-5(2)11/h6-9,12H,3H2,1-2H3,(H2,13,14,15)/t6-,7-,8-,9-/m1/s1. The molecule has 0 unspecified atom stereocenters. The number of hydrogen-bond donors (Lipinski definition) is 3. The number of esters is 2. The lowest BCUT2D eigenvalue weighted by atomic mass is 10.1. The van der Waals surface area contributed by atoms with Gasteiger partial charge in [0.05, 0.1) is 6.61 Å². The number of aliphatic hydroxyl groups is 1. The summed E-state index contributed by atoms with van der Waals surface area (Å²) in [5.74, 6) is -1.49. The number of aliphatic hydroxyl groups excluding tert-OH is 1. The van der Waals surface area contributed by atoms with Crippen LogP contribution in [0.2, 0.25) is 0 Å². The predicted octanol–water partition coefficient (Wildman–Crippen LogP) is -1.32. The fraction of sp³-hybridized carbons (Fsp3) is 0.778. The van der Waals surface area contributed by atoms with Crippen LogP contribution in [0.4, 0.5) is 0 Å². The molecule has 0 amide bonds. The average molecular weight is 314 g/mol. The Labute approximate surface area is 113 Å². The van der Waals surface area contributed by atoms with Crippen molar-refractivity contribution in [1.29, 1.82) is 0 Å². The minimum absolute atomic E-state index is 0.656. The molecule has 0 aromatic heterocycles. The van der Waals surface area contributed by atoms with Gasteiger partial charge in [0.25, 0.3) is 0 Å². The van der Waals surface area contributed by atoms with Crippen LogP contribution < -0.4 is 0 Å². The van der Waals surface area contributed by atoms with Gasteiger partial charge in [-0.2, -0.15) is 0 Å². The van der Waals surface area contributed by atoms with E-state index in [1.54, 1.807) is 0 Å². The summed E-state index contributed by atoms with van der Waals surface area (Å²) in [5, 5.41) is 9.58. The zero-order valence-electron chi connectivity index (χ0n) is 10.7. The Hall–Kier alpha value is -1.03. The fourth-order valence-electron chi connectivity index (χ4n) is 1.66. The summed E-state index contributed by atoms with van der Waals surface area (Å²) in [6.45, 7) is 1.50. The first-order valence-corrected chi connectivity index (χ1v) is 7.01. The molecule has 1 aliphatic rings. The molecule has 0 radical (unpaired) electrons. The smallest absolute Gasteiger partial charge is 0.455 e. The average Bonchev–Trinajstić information content (AvgIpc) is 2.52. The van der Waals surface area contributed by atoms with Crippen LogP contribution in [0.5, 0.6) is 0 Å². The molecule has 10 nitrogen and oxygen atoms in total. The van der Waals surface area contributed by atoms with Crippen LogP contribution in [-0.4, -0.2) is 58.0 Å². The number of phosphoric ester groups is 1. The van der Waals surface area contributed by atoms with Crippen LogP contribution in [0.25, 0.3) is 0 Å². The fourth-order valence-corrected chi connectivity index (χ4v) is 2.01. The zero-order chi connectivity index (χ0) is 15.5. The van der Waals surface area contributed by atoms with Crippen molar-refractivity contribution in [2.75, 3.05) is 6.61 Å². The Morgan fingerprint density at radius 2 is 1.65 bits per heavy atom. The van der Waals surface area contributed by atoms with E-state index in [4.69, 9.17) is 24.0 Å². The van der Waals surface area contributed by atoms with E-state index in [9.17, 15) is 19.3 Å². The summed E-state index contributed by atoms with van der Waals surface area (Å²) < 4.78 is 29.4. The van der Waals surface area contributed by atoms with Gasteiger partial charge in [-0.15, -0.1) is 0 Å². The summed E-state index contributed by atoms with van der Waals surface area (Å²) in [5.41, 5.74) is 0. The first-order chi connectivity index (χ1) is 9.10. The van der Waals surface area contributed by atoms with Gasteiger partial charge < -0.3 is 29.1 Å². The number of hydrogen-bond acceptors (Lipinski definition) is 8. The van der Waals surface area contributed by atoms with Crippen LogP contribution in [-0.2, 0) is 32.9 Å². The van der Waals surface area contributed by atoms with E-state index in [1.165, 1.54) is 0 Å². The molecule has 0 aliphatic carbocycles. The first-order valence-electron chi connectivity index (χ1n) is 5.48. The van der Waals surface area contributed by atoms with Crippen LogP contribution >= 0.6 is 7.82 Å². The normalized spacial score (nSPS) is 30.1. The van der Waals surface area contributed by atoms with E-state index in [-0.39, 0.29) is 0 Å². The van der Waals surface area contributed by atoms with Crippen molar-refractivity contribution in [1.82, 2.24) is 0 Å². The van der Waals surface area contributed by atoms with E-state index < -0.39 is 51.0 Å². The number of carbonyl (C=O) groups excluding carboxylic acids is 2. The molecule has 1 fully saturated rings. The largest absolute Gasteiger partial charge is 0.469 e. The summed E-state index contributed by atoms with van der Waals surface area (Å²) in [4.78, 5) is 39.1. The molecule has 1 saturated heterocycles. The number of rotatable bonds is 5. The van der Waals surface area contributed by atoms with E-state index in [0.717, 1.165) is 13.8 Å². The van der Waals surface area contributed by atoms with Crippen molar-refractivity contribution in [3.8, 4) is 0 Å². The van der Waals surface area contributed by atoms with E-state index in [1.807, 2.05) is 0 Å². The van der Waals surface area contributed by atoms with Gasteiger partial charge in [-0.25, -0.2) is 4.57 Å². The summed E-state index contributed by atoms with van der Waals surface area (Å²) >= 11 is 0. The van der Waals surface area contributed by atoms with Gasteiger partial charge in [0.2, 0.25) is 0 Å². The lowest BCUT2D eigenvalue weighted by Gasteiger charge is -2.22. The van der Waals surface area contributed by atoms with Crippen molar-refractivity contribution in [2.45, 2.75) is 38.4 Å². The molecular formula is C9H15O10P. The second-order valence-electron chi connectivity index (χ2n) is 4.00. The van der Waals surface area contributed by atoms with Crippen molar-refractivity contribution in [2.24, 2.45) is 0 Å². The van der Waals surface area contributed by atoms with E-state index in [2.05, 4.69) is 4.52 Å². The minimum Gasteiger partial charge on any atom is -0.455 e.